The van der Waals surface area contributed by atoms with Crippen molar-refractivity contribution in [1.82, 2.24) is 15.2 Å². The minimum atomic E-state index is 0.0421. The molecule has 0 spiro atoms. The van der Waals surface area contributed by atoms with Crippen molar-refractivity contribution in [3.8, 4) is 0 Å². The third-order valence-electron chi connectivity index (χ3n) is 4.29. The average Bonchev–Trinajstić information content (AvgIpc) is 3.17. The van der Waals surface area contributed by atoms with Gasteiger partial charge in [-0.15, -0.1) is 0 Å². The summed E-state index contributed by atoms with van der Waals surface area (Å²) in [5.41, 5.74) is 0.788. The number of nitrogens with zero attached hydrogens (tertiary/aromatic N) is 1. The number of hydrogen-bond acceptors (Lipinski definition) is 3. The van der Waals surface area contributed by atoms with E-state index in [0.29, 0.717) is 12.0 Å². The van der Waals surface area contributed by atoms with Crippen molar-refractivity contribution in [2.75, 3.05) is 32.8 Å². The Morgan fingerprint density at radius 1 is 1.40 bits per heavy atom. The fourth-order valence-electron chi connectivity index (χ4n) is 3.06. The second-order valence-corrected chi connectivity index (χ2v) is 5.72. The number of piperidine rings is 1. The number of carbonyl (C=O) groups excluding carboxylic acids is 1. The maximum Gasteiger partial charge on any atom is 0.267 e. The molecule has 2 aliphatic heterocycles. The van der Waals surface area contributed by atoms with Crippen molar-refractivity contribution >= 4 is 5.91 Å². The highest BCUT2D eigenvalue weighted by molar-refractivity contribution is 5.92. The molecule has 110 valence electrons. The molecule has 2 saturated heterocycles. The predicted octanol–water partition coefficient (Wildman–Crippen LogP) is 1.18. The van der Waals surface area contributed by atoms with Crippen LogP contribution in [0.2, 0.25) is 0 Å². The van der Waals surface area contributed by atoms with Gasteiger partial charge >= 0.3 is 0 Å². The summed E-state index contributed by atoms with van der Waals surface area (Å²) in [6.07, 6.45) is 5.26. The molecular formula is C15H23N3O2. The summed E-state index contributed by atoms with van der Waals surface area (Å²) in [6, 6.07) is 4.33. The molecule has 2 fully saturated rings. The molecule has 1 amide bonds. The van der Waals surface area contributed by atoms with E-state index in [1.165, 1.54) is 0 Å². The first kappa shape index (κ1) is 13.6. The van der Waals surface area contributed by atoms with Crippen molar-refractivity contribution in [1.29, 1.82) is 0 Å². The third-order valence-corrected chi connectivity index (χ3v) is 4.29. The Labute approximate surface area is 119 Å². The van der Waals surface area contributed by atoms with Gasteiger partial charge in [-0.25, -0.2) is 0 Å². The van der Waals surface area contributed by atoms with Crippen LogP contribution in [0.1, 0.15) is 35.8 Å². The first-order chi connectivity index (χ1) is 9.84. The smallest absolute Gasteiger partial charge is 0.267 e. The zero-order valence-electron chi connectivity index (χ0n) is 11.8. The van der Waals surface area contributed by atoms with E-state index >= 15 is 0 Å². The molecule has 0 aliphatic carbocycles. The molecule has 0 aromatic carbocycles. The van der Waals surface area contributed by atoms with Gasteiger partial charge in [0.1, 0.15) is 5.69 Å². The highest BCUT2D eigenvalue weighted by Crippen LogP contribution is 2.21. The minimum Gasteiger partial charge on any atom is -0.381 e. The van der Waals surface area contributed by atoms with Gasteiger partial charge in [0.25, 0.3) is 5.91 Å². The van der Waals surface area contributed by atoms with Crippen molar-refractivity contribution < 1.29 is 9.53 Å². The van der Waals surface area contributed by atoms with E-state index in [9.17, 15) is 4.79 Å². The molecule has 1 atom stereocenters. The largest absolute Gasteiger partial charge is 0.381 e. The fourth-order valence-corrected chi connectivity index (χ4v) is 3.06. The maximum absolute atomic E-state index is 12.3. The molecule has 1 aromatic heterocycles. The lowest BCUT2D eigenvalue weighted by atomic mass is 10.1. The average molecular weight is 277 g/mol. The van der Waals surface area contributed by atoms with Gasteiger partial charge in [0, 0.05) is 31.3 Å². The maximum atomic E-state index is 12.3. The lowest BCUT2D eigenvalue weighted by molar-refractivity contribution is 0.0932. The van der Waals surface area contributed by atoms with Gasteiger partial charge in [0.15, 0.2) is 0 Å². The van der Waals surface area contributed by atoms with Crippen molar-refractivity contribution in [3.05, 3.63) is 24.0 Å². The van der Waals surface area contributed by atoms with Gasteiger partial charge in [0.05, 0.1) is 6.61 Å². The fraction of sp³-hybridized carbons (Fsp3) is 0.667. The Hall–Kier alpha value is -1.33. The van der Waals surface area contributed by atoms with Crippen LogP contribution in [0.3, 0.4) is 0 Å². The number of hydrogen-bond donors (Lipinski definition) is 2. The summed E-state index contributed by atoms with van der Waals surface area (Å²) >= 11 is 0. The lowest BCUT2D eigenvalue weighted by Crippen LogP contribution is -2.34. The van der Waals surface area contributed by atoms with Crippen LogP contribution in [-0.2, 0) is 4.74 Å². The number of nitrogens with one attached hydrogen (secondary N) is 2. The van der Waals surface area contributed by atoms with E-state index in [1.807, 2.05) is 18.3 Å². The highest BCUT2D eigenvalue weighted by atomic mass is 16.5. The van der Waals surface area contributed by atoms with E-state index in [-0.39, 0.29) is 5.91 Å². The van der Waals surface area contributed by atoms with Crippen molar-refractivity contribution in [3.63, 3.8) is 0 Å². The van der Waals surface area contributed by atoms with E-state index < -0.39 is 0 Å². The summed E-state index contributed by atoms with van der Waals surface area (Å²) in [6.45, 7) is 4.38. The highest BCUT2D eigenvalue weighted by Gasteiger charge is 2.21. The van der Waals surface area contributed by atoms with Gasteiger partial charge < -0.3 is 19.9 Å². The molecule has 3 rings (SSSR count). The summed E-state index contributed by atoms with van der Waals surface area (Å²) < 4.78 is 7.48. The summed E-state index contributed by atoms with van der Waals surface area (Å²) in [5, 5.41) is 6.41. The predicted molar refractivity (Wildman–Crippen MR) is 76.8 cm³/mol. The monoisotopic (exact) mass is 277 g/mol. The molecule has 1 unspecified atom stereocenters. The van der Waals surface area contributed by atoms with Gasteiger partial charge in [-0.3, -0.25) is 4.79 Å². The van der Waals surface area contributed by atoms with Crippen LogP contribution >= 0.6 is 0 Å². The van der Waals surface area contributed by atoms with Crippen LogP contribution in [0.5, 0.6) is 0 Å². The molecule has 20 heavy (non-hydrogen) atoms. The number of ether oxygens (including phenoxy) is 1. The van der Waals surface area contributed by atoms with Crippen LogP contribution in [-0.4, -0.2) is 43.3 Å². The minimum absolute atomic E-state index is 0.0421. The molecular weight excluding hydrogens is 254 g/mol. The zero-order chi connectivity index (χ0) is 13.8. The topological polar surface area (TPSA) is 55.3 Å². The molecule has 5 heteroatoms. The Bertz CT molecular complexity index is 446. The second-order valence-electron chi connectivity index (χ2n) is 5.72. The first-order valence-corrected chi connectivity index (χ1v) is 7.58. The first-order valence-electron chi connectivity index (χ1n) is 7.58. The van der Waals surface area contributed by atoms with Crippen LogP contribution in [0, 0.1) is 5.92 Å². The Balaban J connectivity index is 1.60. The van der Waals surface area contributed by atoms with Crippen molar-refractivity contribution in [2.24, 2.45) is 5.92 Å². The normalized spacial score (nSPS) is 23.9. The SMILES string of the molecule is O=C(NCC1CCOC1)c1cccn1C1CCNCC1. The number of rotatable bonds is 4. The molecule has 1 aromatic rings. The van der Waals surface area contributed by atoms with Crippen LogP contribution < -0.4 is 10.6 Å². The molecule has 3 heterocycles. The Kier molecular flexibility index (Phi) is 4.38. The Morgan fingerprint density at radius 3 is 3.00 bits per heavy atom. The molecule has 2 N–H and O–H groups in total. The molecule has 0 radical (unpaired) electrons. The molecule has 0 saturated carbocycles. The van der Waals surface area contributed by atoms with E-state index in [0.717, 1.165) is 57.8 Å². The van der Waals surface area contributed by atoms with Crippen LogP contribution in [0.25, 0.3) is 0 Å². The standard InChI is InChI=1S/C15H23N3O2/c19-15(17-10-12-5-9-20-11-12)14-2-1-8-18(14)13-3-6-16-7-4-13/h1-2,8,12-13,16H,3-7,9-11H2,(H,17,19). The molecule has 2 aliphatic rings. The summed E-state index contributed by atoms with van der Waals surface area (Å²) in [5.74, 6) is 0.515. The zero-order valence-corrected chi connectivity index (χ0v) is 11.8. The van der Waals surface area contributed by atoms with E-state index in [2.05, 4.69) is 15.2 Å². The number of amides is 1. The number of carbonyl (C=O) groups is 1. The third kappa shape index (κ3) is 3.04. The quantitative estimate of drug-likeness (QED) is 0.869. The van der Waals surface area contributed by atoms with Gasteiger partial charge in [0.2, 0.25) is 0 Å². The van der Waals surface area contributed by atoms with E-state index in [4.69, 9.17) is 4.74 Å². The van der Waals surface area contributed by atoms with Gasteiger partial charge in [-0.05, 0) is 44.5 Å². The Morgan fingerprint density at radius 2 is 2.25 bits per heavy atom. The van der Waals surface area contributed by atoms with Crippen LogP contribution in [0.15, 0.2) is 18.3 Å². The van der Waals surface area contributed by atoms with Gasteiger partial charge in [-0.2, -0.15) is 0 Å². The second kappa shape index (κ2) is 6.41. The van der Waals surface area contributed by atoms with E-state index in [1.54, 1.807) is 0 Å². The number of aromatic nitrogens is 1. The summed E-state index contributed by atoms with van der Waals surface area (Å²) in [4.78, 5) is 12.3. The summed E-state index contributed by atoms with van der Waals surface area (Å²) in [7, 11) is 0. The molecule has 0 bridgehead atoms. The van der Waals surface area contributed by atoms with Gasteiger partial charge in [-0.1, -0.05) is 0 Å². The van der Waals surface area contributed by atoms with Crippen molar-refractivity contribution in [2.45, 2.75) is 25.3 Å². The van der Waals surface area contributed by atoms with Crippen LogP contribution in [0.4, 0.5) is 0 Å². The lowest BCUT2D eigenvalue weighted by Gasteiger charge is -2.26. The molecule has 5 nitrogen and oxygen atoms in total.